The number of nitrogens with zero attached hydrogens (tertiary/aromatic N) is 1. The monoisotopic (exact) mass is 364 g/mol. The highest BCUT2D eigenvalue weighted by Crippen LogP contribution is 2.07. The number of rotatable bonds is 7. The van der Waals surface area contributed by atoms with Crippen molar-refractivity contribution in [2.24, 2.45) is 5.73 Å². The number of aromatic nitrogens is 2. The van der Waals surface area contributed by atoms with Crippen molar-refractivity contribution in [1.82, 2.24) is 15.3 Å². The number of hydrogen-bond donors (Lipinski definition) is 3. The van der Waals surface area contributed by atoms with Gasteiger partial charge in [0.25, 0.3) is 5.56 Å². The number of hydrogen-bond acceptors (Lipinski definition) is 4. The number of carbonyl (C=O) groups excluding carboxylic acids is 2. The fourth-order valence-electron chi connectivity index (χ4n) is 2.82. The molecule has 0 bridgehead atoms. The molecule has 0 aliphatic heterocycles. The summed E-state index contributed by atoms with van der Waals surface area (Å²) in [6.07, 6.45) is 0.662. The van der Waals surface area contributed by atoms with Gasteiger partial charge in [-0.2, -0.15) is 0 Å². The quantitative estimate of drug-likeness (QED) is 0.581. The molecule has 3 aromatic rings. The highest BCUT2D eigenvalue weighted by Gasteiger charge is 2.18. The zero-order valence-corrected chi connectivity index (χ0v) is 14.6. The highest BCUT2D eigenvalue weighted by molar-refractivity contribution is 5.86. The Morgan fingerprint density at radius 3 is 2.52 bits per heavy atom. The summed E-state index contributed by atoms with van der Waals surface area (Å²) in [5, 5.41) is 3.16. The van der Waals surface area contributed by atoms with Crippen molar-refractivity contribution in [3.8, 4) is 0 Å². The molecule has 1 unspecified atom stereocenters. The van der Waals surface area contributed by atoms with Gasteiger partial charge in [0.05, 0.1) is 10.9 Å². The van der Waals surface area contributed by atoms with Crippen LogP contribution in [-0.2, 0) is 22.4 Å². The van der Waals surface area contributed by atoms with Crippen LogP contribution in [-0.4, -0.2) is 27.8 Å². The van der Waals surface area contributed by atoms with Crippen LogP contribution in [0.15, 0.2) is 59.4 Å². The minimum Gasteiger partial charge on any atom is -0.368 e. The van der Waals surface area contributed by atoms with E-state index >= 15 is 0 Å². The Hall–Kier alpha value is -3.48. The van der Waals surface area contributed by atoms with Crippen molar-refractivity contribution in [3.05, 3.63) is 76.3 Å². The van der Waals surface area contributed by atoms with E-state index in [0.29, 0.717) is 23.1 Å². The summed E-state index contributed by atoms with van der Waals surface area (Å²) in [6.45, 7) is 0. The zero-order valence-electron chi connectivity index (χ0n) is 14.6. The molecule has 0 spiro atoms. The summed E-state index contributed by atoms with van der Waals surface area (Å²) in [5.41, 5.74) is 6.65. The summed E-state index contributed by atoms with van der Waals surface area (Å²) >= 11 is 0. The van der Waals surface area contributed by atoms with Gasteiger partial charge in [-0.1, -0.05) is 42.5 Å². The number of H-pyrrole nitrogens is 1. The van der Waals surface area contributed by atoms with Gasteiger partial charge >= 0.3 is 0 Å². The lowest BCUT2D eigenvalue weighted by Gasteiger charge is -2.15. The average molecular weight is 364 g/mol. The van der Waals surface area contributed by atoms with Crippen LogP contribution in [0, 0.1) is 0 Å². The van der Waals surface area contributed by atoms with Crippen molar-refractivity contribution in [2.45, 2.75) is 25.3 Å². The van der Waals surface area contributed by atoms with Crippen molar-refractivity contribution >= 4 is 22.7 Å². The maximum Gasteiger partial charge on any atom is 0.258 e. The number of amides is 2. The van der Waals surface area contributed by atoms with E-state index in [9.17, 15) is 14.4 Å². The summed E-state index contributed by atoms with van der Waals surface area (Å²) in [5.74, 6) is -0.498. The van der Waals surface area contributed by atoms with Gasteiger partial charge in [-0.15, -0.1) is 0 Å². The molecule has 1 atom stereocenters. The molecule has 0 saturated heterocycles. The van der Waals surface area contributed by atoms with Crippen molar-refractivity contribution in [3.63, 3.8) is 0 Å². The molecule has 2 amide bonds. The van der Waals surface area contributed by atoms with Crippen LogP contribution >= 0.6 is 0 Å². The molecular weight excluding hydrogens is 344 g/mol. The third-order valence-corrected chi connectivity index (χ3v) is 4.21. The van der Waals surface area contributed by atoms with E-state index in [1.807, 2.05) is 30.3 Å². The predicted molar refractivity (Wildman–Crippen MR) is 102 cm³/mol. The third kappa shape index (κ3) is 4.78. The Labute approximate surface area is 155 Å². The number of aromatic amines is 1. The fraction of sp³-hybridized carbons (Fsp3) is 0.200. The summed E-state index contributed by atoms with van der Waals surface area (Å²) in [6, 6.07) is 15.5. The Morgan fingerprint density at radius 2 is 1.78 bits per heavy atom. The lowest BCUT2D eigenvalue weighted by atomic mass is 10.1. The number of benzene rings is 2. The van der Waals surface area contributed by atoms with E-state index < -0.39 is 11.9 Å². The molecule has 2 aromatic carbocycles. The van der Waals surface area contributed by atoms with Crippen molar-refractivity contribution in [1.29, 1.82) is 0 Å². The first kappa shape index (κ1) is 18.3. The highest BCUT2D eigenvalue weighted by atomic mass is 16.2. The standard InChI is InChI=1S/C20H20N4O3/c21-19(26)16(12-13-6-2-1-3-7-13)23-18(25)11-10-17-22-15-9-5-4-8-14(15)20(27)24-17/h1-9,16H,10-12H2,(H2,21,26)(H,23,25)(H,22,24,27). The Morgan fingerprint density at radius 1 is 1.07 bits per heavy atom. The lowest BCUT2D eigenvalue weighted by molar-refractivity contribution is -0.127. The summed E-state index contributed by atoms with van der Waals surface area (Å²) in [4.78, 5) is 43.0. The van der Waals surface area contributed by atoms with Crippen LogP contribution in [0.1, 0.15) is 17.8 Å². The van der Waals surface area contributed by atoms with E-state index in [2.05, 4.69) is 15.3 Å². The van der Waals surface area contributed by atoms with E-state index in [1.165, 1.54) is 0 Å². The van der Waals surface area contributed by atoms with Crippen LogP contribution in [0.4, 0.5) is 0 Å². The van der Waals surface area contributed by atoms with Gasteiger partial charge in [0, 0.05) is 19.3 Å². The molecule has 4 N–H and O–H groups in total. The number of carbonyl (C=O) groups is 2. The molecule has 1 heterocycles. The second-order valence-corrected chi connectivity index (χ2v) is 6.24. The normalized spacial score (nSPS) is 11.9. The molecule has 0 aliphatic carbocycles. The number of aryl methyl sites for hydroxylation is 1. The molecule has 7 nitrogen and oxygen atoms in total. The minimum absolute atomic E-state index is 0.0832. The smallest absolute Gasteiger partial charge is 0.258 e. The van der Waals surface area contributed by atoms with Gasteiger partial charge in [0.15, 0.2) is 0 Å². The summed E-state index contributed by atoms with van der Waals surface area (Å²) in [7, 11) is 0. The number of fused-ring (bicyclic) bond motifs is 1. The topological polar surface area (TPSA) is 118 Å². The van der Waals surface area contributed by atoms with Crippen molar-refractivity contribution < 1.29 is 9.59 Å². The zero-order chi connectivity index (χ0) is 19.2. The molecule has 0 fully saturated rings. The van der Waals surface area contributed by atoms with E-state index in [1.54, 1.807) is 24.3 Å². The maximum absolute atomic E-state index is 12.2. The van der Waals surface area contributed by atoms with Gasteiger partial charge in [-0.05, 0) is 17.7 Å². The van der Waals surface area contributed by atoms with Crippen molar-refractivity contribution in [2.75, 3.05) is 0 Å². The second-order valence-electron chi connectivity index (χ2n) is 6.24. The molecule has 138 valence electrons. The average Bonchev–Trinajstić information content (AvgIpc) is 2.67. The van der Waals surface area contributed by atoms with Gasteiger partial charge < -0.3 is 16.0 Å². The van der Waals surface area contributed by atoms with Gasteiger partial charge in [0.1, 0.15) is 11.9 Å². The van der Waals surface area contributed by atoms with Crippen LogP contribution in [0.5, 0.6) is 0 Å². The molecule has 27 heavy (non-hydrogen) atoms. The van der Waals surface area contributed by atoms with E-state index in [0.717, 1.165) is 5.56 Å². The SMILES string of the molecule is NC(=O)C(Cc1ccccc1)NC(=O)CCc1nc2ccccc2c(=O)[nH]1. The van der Waals surface area contributed by atoms with E-state index in [4.69, 9.17) is 5.73 Å². The molecule has 1 aromatic heterocycles. The molecule has 0 saturated carbocycles. The Bertz CT molecular complexity index is 1010. The molecule has 7 heteroatoms. The van der Waals surface area contributed by atoms with Crippen LogP contribution in [0.3, 0.4) is 0 Å². The van der Waals surface area contributed by atoms with Crippen LogP contribution in [0.25, 0.3) is 10.9 Å². The molecule has 0 aliphatic rings. The molecular formula is C20H20N4O3. The first-order valence-electron chi connectivity index (χ1n) is 8.63. The Balaban J connectivity index is 1.63. The number of primary amides is 1. The number of para-hydroxylation sites is 1. The summed E-state index contributed by atoms with van der Waals surface area (Å²) < 4.78 is 0. The first-order chi connectivity index (χ1) is 13.0. The maximum atomic E-state index is 12.2. The van der Waals surface area contributed by atoms with E-state index in [-0.39, 0.29) is 24.3 Å². The molecule has 0 radical (unpaired) electrons. The number of nitrogens with two attached hydrogens (primary N) is 1. The van der Waals surface area contributed by atoms with Gasteiger partial charge in [0.2, 0.25) is 11.8 Å². The number of nitrogens with one attached hydrogen (secondary N) is 2. The fourth-order valence-corrected chi connectivity index (χ4v) is 2.82. The van der Waals surface area contributed by atoms with Gasteiger partial charge in [-0.25, -0.2) is 4.98 Å². The molecule has 3 rings (SSSR count). The second kappa shape index (κ2) is 8.27. The van der Waals surface area contributed by atoms with Gasteiger partial charge in [-0.3, -0.25) is 14.4 Å². The lowest BCUT2D eigenvalue weighted by Crippen LogP contribution is -2.45. The van der Waals surface area contributed by atoms with Crippen LogP contribution < -0.4 is 16.6 Å². The first-order valence-corrected chi connectivity index (χ1v) is 8.63. The minimum atomic E-state index is -0.788. The predicted octanol–water partition coefficient (Wildman–Crippen LogP) is 1.07. The Kier molecular flexibility index (Phi) is 5.61. The van der Waals surface area contributed by atoms with Crippen LogP contribution in [0.2, 0.25) is 0 Å². The largest absolute Gasteiger partial charge is 0.368 e. The third-order valence-electron chi connectivity index (χ3n) is 4.21.